The van der Waals surface area contributed by atoms with Crippen LogP contribution in [0.4, 0.5) is 5.82 Å². The molecule has 1 saturated carbocycles. The molecular formula is C18H23N3O2S. The molecule has 1 aromatic heterocycles. The van der Waals surface area contributed by atoms with Gasteiger partial charge in [0.15, 0.2) is 0 Å². The molecule has 1 heterocycles. The van der Waals surface area contributed by atoms with E-state index in [2.05, 4.69) is 10.4 Å². The molecule has 1 aromatic carbocycles. The highest BCUT2D eigenvalue weighted by atomic mass is 32.2. The lowest BCUT2D eigenvalue weighted by molar-refractivity contribution is -0.113. The van der Waals surface area contributed by atoms with Gasteiger partial charge in [-0.15, -0.1) is 11.8 Å². The number of carbonyl (C=O) groups is 1. The minimum absolute atomic E-state index is 0.00613. The summed E-state index contributed by atoms with van der Waals surface area (Å²) in [6.45, 7) is 0. The quantitative estimate of drug-likeness (QED) is 0.800. The molecule has 0 radical (unpaired) electrons. The van der Waals surface area contributed by atoms with Gasteiger partial charge in [0.2, 0.25) is 5.91 Å². The van der Waals surface area contributed by atoms with Crippen LogP contribution in [-0.2, 0) is 4.79 Å². The van der Waals surface area contributed by atoms with E-state index in [4.69, 9.17) is 4.74 Å². The second-order valence-corrected chi connectivity index (χ2v) is 7.01. The van der Waals surface area contributed by atoms with Crippen molar-refractivity contribution in [3.63, 3.8) is 0 Å². The Morgan fingerprint density at radius 1 is 1.25 bits per heavy atom. The van der Waals surface area contributed by atoms with E-state index in [0.29, 0.717) is 11.8 Å². The second-order valence-electron chi connectivity index (χ2n) is 5.97. The maximum absolute atomic E-state index is 12.2. The van der Waals surface area contributed by atoms with E-state index in [1.165, 1.54) is 31.0 Å². The summed E-state index contributed by atoms with van der Waals surface area (Å²) in [6.07, 6.45) is 7.84. The number of carbonyl (C=O) groups excluding carboxylic acids is 1. The van der Waals surface area contributed by atoms with E-state index < -0.39 is 0 Å². The van der Waals surface area contributed by atoms with Crippen LogP contribution in [0.3, 0.4) is 0 Å². The van der Waals surface area contributed by atoms with Crippen LogP contribution in [0.1, 0.15) is 38.1 Å². The molecule has 0 saturated heterocycles. The zero-order valence-electron chi connectivity index (χ0n) is 13.9. The third-order valence-corrected chi connectivity index (χ3v) is 5.30. The van der Waals surface area contributed by atoms with Gasteiger partial charge in [-0.25, -0.2) is 4.68 Å². The summed E-state index contributed by atoms with van der Waals surface area (Å²) in [6, 6.07) is 10.0. The van der Waals surface area contributed by atoms with Crippen molar-refractivity contribution in [3.05, 3.63) is 36.5 Å². The molecule has 24 heavy (non-hydrogen) atoms. The number of anilines is 1. The molecule has 0 atom stereocenters. The SMILES string of the molecule is COc1ccc(SCC(=O)Nc2ccnn2C2CCCCC2)cc1. The fraction of sp³-hybridized carbons (Fsp3) is 0.444. The molecule has 1 fully saturated rings. The standard InChI is InChI=1S/C18H23N3O2S/c1-23-15-7-9-16(10-8-15)24-13-18(22)20-17-11-12-19-21(17)14-5-3-2-4-6-14/h7-12,14H,2-6,13H2,1H3,(H,20,22). The lowest BCUT2D eigenvalue weighted by Crippen LogP contribution is -2.21. The normalized spacial score (nSPS) is 15.2. The predicted octanol–water partition coefficient (Wildman–Crippen LogP) is 4.13. The highest BCUT2D eigenvalue weighted by Gasteiger charge is 2.19. The molecule has 5 nitrogen and oxygen atoms in total. The second kappa shape index (κ2) is 8.24. The highest BCUT2D eigenvalue weighted by molar-refractivity contribution is 8.00. The molecule has 1 N–H and O–H groups in total. The zero-order chi connectivity index (χ0) is 16.8. The first-order valence-corrected chi connectivity index (χ1v) is 9.35. The van der Waals surface area contributed by atoms with Gasteiger partial charge < -0.3 is 10.1 Å². The van der Waals surface area contributed by atoms with Crippen molar-refractivity contribution in [1.29, 1.82) is 0 Å². The molecule has 1 aliphatic carbocycles. The number of rotatable bonds is 6. The first kappa shape index (κ1) is 16.9. The number of ether oxygens (including phenoxy) is 1. The monoisotopic (exact) mass is 345 g/mol. The number of methoxy groups -OCH3 is 1. The molecule has 3 rings (SSSR count). The van der Waals surface area contributed by atoms with E-state index in [9.17, 15) is 4.79 Å². The third-order valence-electron chi connectivity index (χ3n) is 4.29. The molecule has 0 aliphatic heterocycles. The van der Waals surface area contributed by atoms with Crippen molar-refractivity contribution < 1.29 is 9.53 Å². The van der Waals surface area contributed by atoms with Crippen LogP contribution < -0.4 is 10.1 Å². The number of amides is 1. The van der Waals surface area contributed by atoms with Crippen LogP contribution in [-0.4, -0.2) is 28.6 Å². The van der Waals surface area contributed by atoms with Crippen LogP contribution in [0, 0.1) is 0 Å². The number of hydrogen-bond acceptors (Lipinski definition) is 4. The molecule has 1 aliphatic rings. The van der Waals surface area contributed by atoms with Crippen molar-refractivity contribution in [2.75, 3.05) is 18.2 Å². The van der Waals surface area contributed by atoms with Gasteiger partial charge in [0, 0.05) is 11.0 Å². The van der Waals surface area contributed by atoms with Crippen molar-refractivity contribution in [2.45, 2.75) is 43.0 Å². The Kier molecular flexibility index (Phi) is 5.80. The molecule has 0 unspecified atom stereocenters. The number of benzene rings is 1. The summed E-state index contributed by atoms with van der Waals surface area (Å²) in [5, 5.41) is 7.41. The third kappa shape index (κ3) is 4.32. The maximum atomic E-state index is 12.2. The van der Waals surface area contributed by atoms with Gasteiger partial charge in [-0.2, -0.15) is 5.10 Å². The zero-order valence-corrected chi connectivity index (χ0v) is 14.7. The number of hydrogen-bond donors (Lipinski definition) is 1. The number of nitrogens with zero attached hydrogens (tertiary/aromatic N) is 2. The average Bonchev–Trinajstić information content (AvgIpc) is 3.09. The summed E-state index contributed by atoms with van der Waals surface area (Å²) >= 11 is 1.51. The van der Waals surface area contributed by atoms with Crippen LogP contribution in [0.5, 0.6) is 5.75 Å². The molecule has 0 bridgehead atoms. The molecule has 1 amide bonds. The fourth-order valence-corrected chi connectivity index (χ4v) is 3.73. The molecule has 6 heteroatoms. The van der Waals surface area contributed by atoms with E-state index >= 15 is 0 Å². The minimum atomic E-state index is -0.00613. The highest BCUT2D eigenvalue weighted by Crippen LogP contribution is 2.30. The predicted molar refractivity (Wildman–Crippen MR) is 96.7 cm³/mol. The van der Waals surface area contributed by atoms with Crippen molar-refractivity contribution in [3.8, 4) is 5.75 Å². The Labute approximate surface area is 146 Å². The maximum Gasteiger partial charge on any atom is 0.235 e. The molecule has 0 spiro atoms. The van der Waals surface area contributed by atoms with Gasteiger partial charge >= 0.3 is 0 Å². The lowest BCUT2D eigenvalue weighted by atomic mass is 9.96. The minimum Gasteiger partial charge on any atom is -0.497 e. The number of aromatic nitrogens is 2. The summed E-state index contributed by atoms with van der Waals surface area (Å²) in [4.78, 5) is 13.3. The summed E-state index contributed by atoms with van der Waals surface area (Å²) in [5.41, 5.74) is 0. The largest absolute Gasteiger partial charge is 0.497 e. The van der Waals surface area contributed by atoms with Crippen LogP contribution in [0.2, 0.25) is 0 Å². The van der Waals surface area contributed by atoms with Gasteiger partial charge in [0.25, 0.3) is 0 Å². The summed E-state index contributed by atoms with van der Waals surface area (Å²) < 4.78 is 7.12. The van der Waals surface area contributed by atoms with Crippen molar-refractivity contribution in [2.24, 2.45) is 0 Å². The Morgan fingerprint density at radius 2 is 2.00 bits per heavy atom. The van der Waals surface area contributed by atoms with Gasteiger partial charge in [-0.3, -0.25) is 4.79 Å². The van der Waals surface area contributed by atoms with E-state index in [0.717, 1.165) is 29.3 Å². The number of thioether (sulfide) groups is 1. The first-order chi connectivity index (χ1) is 11.8. The molecule has 128 valence electrons. The van der Waals surface area contributed by atoms with E-state index in [1.807, 2.05) is 35.0 Å². The number of nitrogens with one attached hydrogen (secondary N) is 1. The molecular weight excluding hydrogens is 322 g/mol. The molecule has 2 aromatic rings. The van der Waals surface area contributed by atoms with Crippen LogP contribution >= 0.6 is 11.8 Å². The van der Waals surface area contributed by atoms with Gasteiger partial charge in [-0.1, -0.05) is 19.3 Å². The first-order valence-electron chi connectivity index (χ1n) is 8.36. The Hall–Kier alpha value is -1.95. The smallest absolute Gasteiger partial charge is 0.235 e. The topological polar surface area (TPSA) is 56.1 Å². The summed E-state index contributed by atoms with van der Waals surface area (Å²) in [5.74, 6) is 2.00. The van der Waals surface area contributed by atoms with E-state index in [-0.39, 0.29) is 5.91 Å². The lowest BCUT2D eigenvalue weighted by Gasteiger charge is -2.23. The average molecular weight is 345 g/mol. The Morgan fingerprint density at radius 3 is 2.71 bits per heavy atom. The van der Waals surface area contributed by atoms with Gasteiger partial charge in [0.1, 0.15) is 11.6 Å². The van der Waals surface area contributed by atoms with Gasteiger partial charge in [0.05, 0.1) is 25.1 Å². The van der Waals surface area contributed by atoms with Crippen LogP contribution in [0.25, 0.3) is 0 Å². The fourth-order valence-electron chi connectivity index (χ4n) is 3.03. The van der Waals surface area contributed by atoms with Crippen molar-refractivity contribution >= 4 is 23.5 Å². The van der Waals surface area contributed by atoms with Crippen molar-refractivity contribution in [1.82, 2.24) is 9.78 Å². The van der Waals surface area contributed by atoms with E-state index in [1.54, 1.807) is 13.3 Å². The Balaban J connectivity index is 1.54. The Bertz CT molecular complexity index is 663. The van der Waals surface area contributed by atoms with Gasteiger partial charge in [-0.05, 0) is 37.1 Å². The summed E-state index contributed by atoms with van der Waals surface area (Å²) in [7, 11) is 1.64. The van der Waals surface area contributed by atoms with Crippen LogP contribution in [0.15, 0.2) is 41.4 Å².